The molecule has 108 valence electrons. The molecule has 0 aromatic carbocycles. The van der Waals surface area contributed by atoms with E-state index < -0.39 is 17.7 Å². The second-order valence-electron chi connectivity index (χ2n) is 4.33. The highest BCUT2D eigenvalue weighted by atomic mass is 19.4. The summed E-state index contributed by atoms with van der Waals surface area (Å²) >= 11 is 0. The van der Waals surface area contributed by atoms with Crippen molar-refractivity contribution in [2.45, 2.75) is 32.5 Å². The highest BCUT2D eigenvalue weighted by molar-refractivity contribution is 5.98. The first kappa shape index (κ1) is 14.2. The Kier molecular flexibility index (Phi) is 3.55. The smallest absolute Gasteiger partial charge is 0.337 e. The summed E-state index contributed by atoms with van der Waals surface area (Å²) in [5.74, 6) is -1.33. The normalized spacial score (nSPS) is 12.1. The van der Waals surface area contributed by atoms with Crippen LogP contribution in [0.3, 0.4) is 0 Å². The van der Waals surface area contributed by atoms with Crippen LogP contribution >= 0.6 is 0 Å². The van der Waals surface area contributed by atoms with E-state index in [2.05, 4.69) is 20.5 Å². The summed E-state index contributed by atoms with van der Waals surface area (Å²) in [4.78, 5) is 15.0. The number of alkyl halides is 3. The lowest BCUT2D eigenvalue weighted by Gasteiger charge is -1.99. The van der Waals surface area contributed by atoms with Crippen LogP contribution in [0.15, 0.2) is 10.7 Å². The van der Waals surface area contributed by atoms with Gasteiger partial charge in [-0.05, 0) is 0 Å². The third-order valence-electron chi connectivity index (χ3n) is 2.33. The molecule has 0 radical (unpaired) electrons. The molecule has 7 nitrogen and oxygen atoms in total. The maximum absolute atomic E-state index is 12.2. The zero-order valence-corrected chi connectivity index (χ0v) is 10.5. The number of aromatic nitrogens is 5. The third-order valence-corrected chi connectivity index (χ3v) is 2.33. The quantitative estimate of drug-likeness (QED) is 0.794. The average Bonchev–Trinajstić information content (AvgIpc) is 2.96. The molecule has 0 aliphatic carbocycles. The lowest BCUT2D eigenvalue weighted by Crippen LogP contribution is -2.23. The Hall–Kier alpha value is -2.26. The number of Topliss-reactive ketones (excluding diaryl/α,β-unsaturated/α-hetero) is 1. The highest BCUT2D eigenvalue weighted by Crippen LogP contribution is 2.20. The van der Waals surface area contributed by atoms with E-state index >= 15 is 0 Å². The van der Waals surface area contributed by atoms with Gasteiger partial charge in [0.05, 0.1) is 6.20 Å². The van der Waals surface area contributed by atoms with E-state index in [0.717, 1.165) is 10.9 Å². The first-order valence-corrected chi connectivity index (χ1v) is 5.61. The molecule has 2 heterocycles. The van der Waals surface area contributed by atoms with Crippen LogP contribution in [0, 0.1) is 0 Å². The second-order valence-corrected chi connectivity index (χ2v) is 4.33. The van der Waals surface area contributed by atoms with Crippen molar-refractivity contribution in [1.82, 2.24) is 25.1 Å². The van der Waals surface area contributed by atoms with Crippen LogP contribution < -0.4 is 0 Å². The summed E-state index contributed by atoms with van der Waals surface area (Å²) < 4.78 is 42.5. The van der Waals surface area contributed by atoms with Crippen LogP contribution in [0.4, 0.5) is 13.2 Å². The predicted octanol–water partition coefficient (Wildman–Crippen LogP) is 1.58. The van der Waals surface area contributed by atoms with Crippen molar-refractivity contribution in [2.24, 2.45) is 0 Å². The summed E-state index contributed by atoms with van der Waals surface area (Å²) in [6, 6.07) is 0. The van der Waals surface area contributed by atoms with Gasteiger partial charge in [0.25, 0.3) is 5.78 Å². The Bertz CT molecular complexity index is 616. The van der Waals surface area contributed by atoms with Gasteiger partial charge in [-0.25, -0.2) is 4.68 Å². The molecule has 0 aliphatic rings. The number of nitrogens with zero attached hydrogens (tertiary/aromatic N) is 5. The number of halogens is 3. The SMILES string of the molecule is CC(C)c1noc(Cn2cc(C(=O)C(F)(F)F)nn2)n1. The molecule has 2 aromatic rings. The molecule has 2 aromatic heterocycles. The van der Waals surface area contributed by atoms with E-state index in [-0.39, 0.29) is 18.4 Å². The monoisotopic (exact) mass is 289 g/mol. The number of hydrogen-bond donors (Lipinski definition) is 0. The topological polar surface area (TPSA) is 86.7 Å². The number of rotatable bonds is 4. The van der Waals surface area contributed by atoms with Crippen molar-refractivity contribution in [3.63, 3.8) is 0 Å². The van der Waals surface area contributed by atoms with Gasteiger partial charge in [0.15, 0.2) is 11.5 Å². The minimum atomic E-state index is -4.98. The first-order valence-electron chi connectivity index (χ1n) is 5.61. The van der Waals surface area contributed by atoms with Crippen molar-refractivity contribution >= 4 is 5.78 Å². The molecule has 0 fully saturated rings. The van der Waals surface area contributed by atoms with Crippen LogP contribution in [0.25, 0.3) is 0 Å². The minimum absolute atomic E-state index is 0.0577. The summed E-state index contributed by atoms with van der Waals surface area (Å²) in [5.41, 5.74) is -0.777. The fraction of sp³-hybridized carbons (Fsp3) is 0.500. The maximum Gasteiger partial charge on any atom is 0.456 e. The number of hydrogen-bond acceptors (Lipinski definition) is 6. The molecule has 0 N–H and O–H groups in total. The molecule has 0 atom stereocenters. The number of carbonyl (C=O) groups excluding carboxylic acids is 1. The molecule has 0 saturated carbocycles. The molecule has 0 aliphatic heterocycles. The summed E-state index contributed by atoms with van der Waals surface area (Å²) in [6.45, 7) is 3.67. The Morgan fingerprint density at radius 2 is 2.15 bits per heavy atom. The van der Waals surface area contributed by atoms with E-state index in [1.807, 2.05) is 13.8 Å². The Morgan fingerprint density at radius 1 is 1.45 bits per heavy atom. The van der Waals surface area contributed by atoms with Crippen molar-refractivity contribution in [3.05, 3.63) is 23.6 Å². The highest BCUT2D eigenvalue weighted by Gasteiger charge is 2.41. The van der Waals surface area contributed by atoms with E-state index in [9.17, 15) is 18.0 Å². The van der Waals surface area contributed by atoms with Crippen LogP contribution in [0.2, 0.25) is 0 Å². The molecule has 10 heteroatoms. The van der Waals surface area contributed by atoms with Gasteiger partial charge < -0.3 is 4.52 Å². The van der Waals surface area contributed by atoms with Crippen LogP contribution in [0.5, 0.6) is 0 Å². The van der Waals surface area contributed by atoms with E-state index in [4.69, 9.17) is 4.52 Å². The fourth-order valence-electron chi connectivity index (χ4n) is 1.33. The van der Waals surface area contributed by atoms with Gasteiger partial charge in [-0.1, -0.05) is 24.2 Å². The fourth-order valence-corrected chi connectivity index (χ4v) is 1.33. The van der Waals surface area contributed by atoms with Crippen LogP contribution in [-0.2, 0) is 6.54 Å². The molecular formula is C10H10F3N5O2. The number of ketones is 1. The molecule has 0 unspecified atom stereocenters. The molecule has 20 heavy (non-hydrogen) atoms. The van der Waals surface area contributed by atoms with Crippen molar-refractivity contribution in [3.8, 4) is 0 Å². The van der Waals surface area contributed by atoms with Crippen molar-refractivity contribution in [1.29, 1.82) is 0 Å². The van der Waals surface area contributed by atoms with E-state index in [1.165, 1.54) is 0 Å². The van der Waals surface area contributed by atoms with Crippen LogP contribution in [0.1, 0.15) is 42.0 Å². The largest absolute Gasteiger partial charge is 0.456 e. The van der Waals surface area contributed by atoms with Gasteiger partial charge in [-0.3, -0.25) is 4.79 Å². The average molecular weight is 289 g/mol. The van der Waals surface area contributed by atoms with Gasteiger partial charge >= 0.3 is 6.18 Å². The maximum atomic E-state index is 12.2. The van der Waals surface area contributed by atoms with Crippen LogP contribution in [-0.4, -0.2) is 37.1 Å². The zero-order chi connectivity index (χ0) is 14.9. The third kappa shape index (κ3) is 3.00. The van der Waals surface area contributed by atoms with E-state index in [1.54, 1.807) is 0 Å². The summed E-state index contributed by atoms with van der Waals surface area (Å²) in [5, 5.41) is 10.3. The Balaban J connectivity index is 2.11. The predicted molar refractivity (Wildman–Crippen MR) is 57.9 cm³/mol. The molecule has 0 spiro atoms. The molecule has 0 bridgehead atoms. The molecule has 0 amide bonds. The number of carbonyl (C=O) groups is 1. The Labute approximate surface area is 110 Å². The lowest BCUT2D eigenvalue weighted by atomic mass is 10.2. The summed E-state index contributed by atoms with van der Waals surface area (Å²) in [6.07, 6.45) is -4.09. The molecule has 0 saturated heterocycles. The van der Waals surface area contributed by atoms with Crippen molar-refractivity contribution in [2.75, 3.05) is 0 Å². The van der Waals surface area contributed by atoms with Gasteiger partial charge in [-0.2, -0.15) is 18.2 Å². The van der Waals surface area contributed by atoms with Gasteiger partial charge in [0.2, 0.25) is 5.89 Å². The van der Waals surface area contributed by atoms with Gasteiger partial charge in [0, 0.05) is 5.92 Å². The zero-order valence-electron chi connectivity index (χ0n) is 10.5. The van der Waals surface area contributed by atoms with E-state index in [0.29, 0.717) is 5.82 Å². The van der Waals surface area contributed by atoms with Gasteiger partial charge in [0.1, 0.15) is 6.54 Å². The lowest BCUT2D eigenvalue weighted by molar-refractivity contribution is -0.0888. The van der Waals surface area contributed by atoms with Crippen molar-refractivity contribution < 1.29 is 22.5 Å². The molecular weight excluding hydrogens is 279 g/mol. The van der Waals surface area contributed by atoms with Gasteiger partial charge in [-0.15, -0.1) is 5.10 Å². The standard InChI is InChI=1S/C10H10F3N5O2/c1-5(2)9-14-7(20-16-9)4-18-3-6(15-17-18)8(19)10(11,12)13/h3,5H,4H2,1-2H3. The minimum Gasteiger partial charge on any atom is -0.337 e. The summed E-state index contributed by atoms with van der Waals surface area (Å²) in [7, 11) is 0. The second kappa shape index (κ2) is 5.02. The molecule has 2 rings (SSSR count). The Morgan fingerprint density at radius 3 is 2.70 bits per heavy atom. The first-order chi connectivity index (χ1) is 9.27.